The molecule has 0 unspecified atom stereocenters. The van der Waals surface area contributed by atoms with Crippen molar-refractivity contribution >= 4 is 34.6 Å². The van der Waals surface area contributed by atoms with E-state index < -0.39 is 0 Å². The molecule has 0 spiro atoms. The second-order valence-electron chi connectivity index (χ2n) is 6.88. The van der Waals surface area contributed by atoms with Gasteiger partial charge in [-0.1, -0.05) is 35.3 Å². The molecule has 8 heteroatoms. The number of piperazine rings is 1. The maximum absolute atomic E-state index is 13.1. The molecule has 0 saturated carbocycles. The number of nitrogens with zero attached hydrogens (tertiary/aromatic N) is 4. The van der Waals surface area contributed by atoms with Crippen LogP contribution in [-0.2, 0) is 6.54 Å². The van der Waals surface area contributed by atoms with Crippen molar-refractivity contribution in [1.29, 1.82) is 0 Å². The van der Waals surface area contributed by atoms with Crippen LogP contribution >= 0.6 is 23.2 Å². The third-order valence-corrected chi connectivity index (χ3v) is 5.63. The minimum Gasteiger partial charge on any atom is -0.368 e. The van der Waals surface area contributed by atoms with Crippen LogP contribution in [0.1, 0.15) is 5.56 Å². The van der Waals surface area contributed by atoms with Gasteiger partial charge in [-0.2, -0.15) is 5.10 Å². The summed E-state index contributed by atoms with van der Waals surface area (Å²) in [6.07, 6.45) is 1.65. The predicted molar refractivity (Wildman–Crippen MR) is 115 cm³/mol. The molecule has 1 fully saturated rings. The van der Waals surface area contributed by atoms with Gasteiger partial charge < -0.3 is 9.80 Å². The quantitative estimate of drug-likeness (QED) is 0.623. The first-order valence-electron chi connectivity index (χ1n) is 9.27. The van der Waals surface area contributed by atoms with Crippen LogP contribution < -0.4 is 15.4 Å². The van der Waals surface area contributed by atoms with E-state index in [4.69, 9.17) is 23.2 Å². The first-order chi connectivity index (χ1) is 14.0. The van der Waals surface area contributed by atoms with E-state index in [1.165, 1.54) is 16.8 Å². The van der Waals surface area contributed by atoms with Crippen LogP contribution in [0.3, 0.4) is 0 Å². The minimum absolute atomic E-state index is 0.171. The standard InChI is InChI=1S/C21H19Cl2FN4O/c22-16-3-1-15(2-4-16)14-28-21(29)20(23)19(13-25-28)27-11-9-26(10-12-27)18-7-5-17(24)6-8-18/h1-8,13H,9-12,14H2. The van der Waals surface area contributed by atoms with Gasteiger partial charge in [0.05, 0.1) is 18.4 Å². The van der Waals surface area contributed by atoms with Crippen molar-refractivity contribution in [2.75, 3.05) is 36.0 Å². The summed E-state index contributed by atoms with van der Waals surface area (Å²) in [5, 5.41) is 5.12. The lowest BCUT2D eigenvalue weighted by molar-refractivity contribution is 0.618. The second kappa shape index (κ2) is 8.43. The summed E-state index contributed by atoms with van der Waals surface area (Å²) >= 11 is 12.3. The van der Waals surface area contributed by atoms with Gasteiger partial charge >= 0.3 is 0 Å². The van der Waals surface area contributed by atoms with E-state index in [0.29, 0.717) is 30.3 Å². The van der Waals surface area contributed by atoms with Crippen LogP contribution in [0, 0.1) is 5.82 Å². The molecule has 5 nitrogen and oxygen atoms in total. The van der Waals surface area contributed by atoms with Crippen molar-refractivity contribution in [3.05, 3.63) is 86.5 Å². The smallest absolute Gasteiger partial charge is 0.287 e. The fourth-order valence-corrected chi connectivity index (χ4v) is 3.80. The molecule has 0 bridgehead atoms. The van der Waals surface area contributed by atoms with Crippen LogP contribution in [0.4, 0.5) is 15.8 Å². The maximum Gasteiger partial charge on any atom is 0.287 e. The Labute approximate surface area is 177 Å². The van der Waals surface area contributed by atoms with Crippen LogP contribution in [0.2, 0.25) is 10.0 Å². The Hall–Kier alpha value is -2.57. The monoisotopic (exact) mass is 432 g/mol. The zero-order valence-corrected chi connectivity index (χ0v) is 17.1. The summed E-state index contributed by atoms with van der Waals surface area (Å²) in [4.78, 5) is 16.9. The van der Waals surface area contributed by atoms with E-state index in [1.54, 1.807) is 30.5 Å². The molecule has 0 atom stereocenters. The Balaban J connectivity index is 1.47. The highest BCUT2D eigenvalue weighted by molar-refractivity contribution is 6.33. The fourth-order valence-electron chi connectivity index (χ4n) is 3.41. The highest BCUT2D eigenvalue weighted by atomic mass is 35.5. The lowest BCUT2D eigenvalue weighted by Crippen LogP contribution is -2.47. The van der Waals surface area contributed by atoms with Crippen molar-refractivity contribution in [2.45, 2.75) is 6.54 Å². The van der Waals surface area contributed by atoms with Gasteiger partial charge in [0.15, 0.2) is 0 Å². The molecule has 0 N–H and O–H groups in total. The third kappa shape index (κ3) is 4.38. The van der Waals surface area contributed by atoms with E-state index in [-0.39, 0.29) is 16.4 Å². The zero-order valence-electron chi connectivity index (χ0n) is 15.6. The molecule has 1 aliphatic heterocycles. The van der Waals surface area contributed by atoms with E-state index in [0.717, 1.165) is 24.3 Å². The minimum atomic E-state index is -0.319. The van der Waals surface area contributed by atoms with Gasteiger partial charge in [0.2, 0.25) is 0 Å². The van der Waals surface area contributed by atoms with E-state index in [9.17, 15) is 9.18 Å². The molecular weight excluding hydrogens is 414 g/mol. The average molecular weight is 433 g/mol. The number of rotatable bonds is 4. The molecule has 4 rings (SSSR count). The first kappa shape index (κ1) is 19.7. The Kier molecular flexibility index (Phi) is 5.74. The molecule has 150 valence electrons. The predicted octanol–water partition coefficient (Wildman–Crippen LogP) is 4.06. The van der Waals surface area contributed by atoms with E-state index in [1.807, 2.05) is 12.1 Å². The van der Waals surface area contributed by atoms with Crippen molar-refractivity contribution in [1.82, 2.24) is 9.78 Å². The summed E-state index contributed by atoms with van der Waals surface area (Å²) in [5.74, 6) is -0.246. The largest absolute Gasteiger partial charge is 0.368 e. The summed E-state index contributed by atoms with van der Waals surface area (Å²) in [7, 11) is 0. The molecule has 2 aromatic carbocycles. The van der Waals surface area contributed by atoms with Gasteiger partial charge in [0.1, 0.15) is 10.8 Å². The number of anilines is 2. The molecule has 3 aromatic rings. The lowest BCUT2D eigenvalue weighted by atomic mass is 10.2. The van der Waals surface area contributed by atoms with Crippen molar-refractivity contribution in [2.24, 2.45) is 0 Å². The van der Waals surface area contributed by atoms with Gasteiger partial charge in [0.25, 0.3) is 5.56 Å². The van der Waals surface area contributed by atoms with Crippen LogP contribution in [0.15, 0.2) is 59.5 Å². The van der Waals surface area contributed by atoms with Gasteiger partial charge in [-0.25, -0.2) is 9.07 Å². The molecule has 2 heterocycles. The lowest BCUT2D eigenvalue weighted by Gasteiger charge is -2.37. The Bertz CT molecular complexity index is 1050. The Morgan fingerprint density at radius 3 is 2.17 bits per heavy atom. The Morgan fingerprint density at radius 2 is 1.52 bits per heavy atom. The van der Waals surface area contributed by atoms with Crippen LogP contribution in [0.5, 0.6) is 0 Å². The summed E-state index contributed by atoms with van der Waals surface area (Å²) in [6, 6.07) is 13.7. The summed E-state index contributed by atoms with van der Waals surface area (Å²) in [6.45, 7) is 3.21. The maximum atomic E-state index is 13.1. The Morgan fingerprint density at radius 1 is 0.897 bits per heavy atom. The highest BCUT2D eigenvalue weighted by Crippen LogP contribution is 2.24. The fraction of sp³-hybridized carbons (Fsp3) is 0.238. The zero-order chi connectivity index (χ0) is 20.4. The summed E-state index contributed by atoms with van der Waals surface area (Å²) in [5.41, 5.74) is 2.22. The number of hydrogen-bond donors (Lipinski definition) is 0. The topological polar surface area (TPSA) is 41.4 Å². The average Bonchev–Trinajstić information content (AvgIpc) is 2.74. The number of hydrogen-bond acceptors (Lipinski definition) is 4. The second-order valence-corrected chi connectivity index (χ2v) is 7.70. The molecule has 0 aliphatic carbocycles. The summed E-state index contributed by atoms with van der Waals surface area (Å²) < 4.78 is 14.5. The van der Waals surface area contributed by atoms with Gasteiger partial charge in [-0.15, -0.1) is 0 Å². The van der Waals surface area contributed by atoms with Gasteiger partial charge in [-0.05, 0) is 42.0 Å². The van der Waals surface area contributed by atoms with Crippen LogP contribution in [-0.4, -0.2) is 36.0 Å². The molecule has 1 aromatic heterocycles. The molecule has 0 amide bonds. The van der Waals surface area contributed by atoms with E-state index in [2.05, 4.69) is 14.9 Å². The number of aromatic nitrogens is 2. The molecule has 29 heavy (non-hydrogen) atoms. The van der Waals surface area contributed by atoms with Crippen molar-refractivity contribution < 1.29 is 4.39 Å². The molecule has 1 aliphatic rings. The SMILES string of the molecule is O=c1c(Cl)c(N2CCN(c3ccc(F)cc3)CC2)cnn1Cc1ccc(Cl)cc1. The van der Waals surface area contributed by atoms with Crippen molar-refractivity contribution in [3.63, 3.8) is 0 Å². The van der Waals surface area contributed by atoms with E-state index >= 15 is 0 Å². The number of benzene rings is 2. The van der Waals surface area contributed by atoms with Crippen LogP contribution in [0.25, 0.3) is 0 Å². The molecule has 0 radical (unpaired) electrons. The normalized spacial score (nSPS) is 14.3. The molecule has 1 saturated heterocycles. The van der Waals surface area contributed by atoms with Crippen molar-refractivity contribution in [3.8, 4) is 0 Å². The van der Waals surface area contributed by atoms with Gasteiger partial charge in [-0.3, -0.25) is 4.79 Å². The molecular formula is C21H19Cl2FN4O. The number of halogens is 3. The first-order valence-corrected chi connectivity index (χ1v) is 10.0. The third-order valence-electron chi connectivity index (χ3n) is 5.02. The van der Waals surface area contributed by atoms with Gasteiger partial charge in [0, 0.05) is 36.9 Å². The highest BCUT2D eigenvalue weighted by Gasteiger charge is 2.21.